The Bertz CT molecular complexity index is 899. The molecule has 0 unspecified atom stereocenters. The Morgan fingerprint density at radius 3 is 1.47 bits per heavy atom. The topological polar surface area (TPSA) is 34.0 Å². The fourth-order valence-corrected chi connectivity index (χ4v) is 2.83. The van der Waals surface area contributed by atoms with Crippen molar-refractivity contribution in [3.63, 3.8) is 0 Å². The Balaban J connectivity index is 2.70. The molecule has 165 valence electrons. The van der Waals surface area contributed by atoms with Gasteiger partial charge in [0.15, 0.2) is 5.75 Å². The Morgan fingerprint density at radius 1 is 0.633 bits per heavy atom. The molecule has 0 aromatic heterocycles. The molecule has 0 heterocycles. The zero-order chi connectivity index (χ0) is 23.3. The standard InChI is InChI=1S/C22H23F6NO/c1-19(2,3)12-10-16(20(4,5)6)18(30)17(11-12)29-15-8-13(21(23,24)25)7-14(9-15)22(26,27)28/h7-11H,1-6H3/q-1. The van der Waals surface area contributed by atoms with Gasteiger partial charge in [0.05, 0.1) is 11.1 Å². The van der Waals surface area contributed by atoms with Crippen LogP contribution < -0.4 is 0 Å². The minimum atomic E-state index is -4.99. The van der Waals surface area contributed by atoms with Gasteiger partial charge in [-0.15, -0.1) is 5.69 Å². The van der Waals surface area contributed by atoms with E-state index in [1.807, 2.05) is 20.8 Å². The lowest BCUT2D eigenvalue weighted by Gasteiger charge is -2.32. The molecule has 2 rings (SSSR count). The van der Waals surface area contributed by atoms with Crippen molar-refractivity contribution in [1.82, 2.24) is 0 Å². The highest BCUT2D eigenvalue weighted by atomic mass is 19.4. The summed E-state index contributed by atoms with van der Waals surface area (Å²) in [5.74, 6) is -0.526. The molecule has 0 bridgehead atoms. The lowest BCUT2D eigenvalue weighted by molar-refractivity contribution is -0.143. The number of hydrogen-bond acceptors (Lipinski definition) is 0. The third-order valence-electron chi connectivity index (χ3n) is 4.57. The summed E-state index contributed by atoms with van der Waals surface area (Å²) >= 11 is 0. The normalized spacial score (nSPS) is 13.5. The van der Waals surface area contributed by atoms with Crippen molar-refractivity contribution in [3.05, 3.63) is 57.9 Å². The van der Waals surface area contributed by atoms with Crippen molar-refractivity contribution < 1.29 is 31.4 Å². The summed E-state index contributed by atoms with van der Waals surface area (Å²) in [5, 5.41) is 16.8. The maximum Gasteiger partial charge on any atom is 0.416 e. The number of nitrogens with zero attached hydrogens (tertiary/aromatic N) is 1. The molecule has 8 heteroatoms. The first-order valence-corrected chi connectivity index (χ1v) is 9.17. The van der Waals surface area contributed by atoms with Crippen molar-refractivity contribution in [2.75, 3.05) is 0 Å². The van der Waals surface area contributed by atoms with Crippen LogP contribution in [0.3, 0.4) is 0 Å². The minimum Gasteiger partial charge on any atom is -0.655 e. The molecule has 0 saturated heterocycles. The molecule has 2 aromatic rings. The second kappa shape index (κ2) is 7.39. The summed E-state index contributed by atoms with van der Waals surface area (Å²) in [6, 6.07) is 4.19. The van der Waals surface area contributed by atoms with Gasteiger partial charge in [-0.05, 0) is 22.5 Å². The highest BCUT2D eigenvalue weighted by molar-refractivity contribution is 5.75. The van der Waals surface area contributed by atoms with Gasteiger partial charge >= 0.3 is 12.4 Å². The Labute approximate surface area is 171 Å². The minimum absolute atomic E-state index is 0.0310. The fourth-order valence-electron chi connectivity index (χ4n) is 2.83. The predicted octanol–water partition coefficient (Wildman–Crippen LogP) is 8.80. The van der Waals surface area contributed by atoms with E-state index in [9.17, 15) is 31.4 Å². The predicted molar refractivity (Wildman–Crippen MR) is 103 cm³/mol. The lowest BCUT2D eigenvalue weighted by Crippen LogP contribution is -2.16. The molecule has 0 aliphatic rings. The summed E-state index contributed by atoms with van der Waals surface area (Å²) < 4.78 is 78.7. The van der Waals surface area contributed by atoms with Crippen LogP contribution in [-0.2, 0) is 28.3 Å². The van der Waals surface area contributed by atoms with Crippen molar-refractivity contribution in [1.29, 1.82) is 0 Å². The van der Waals surface area contributed by atoms with Crippen molar-refractivity contribution in [3.8, 4) is 5.75 Å². The van der Waals surface area contributed by atoms with Crippen molar-refractivity contribution >= 4 is 11.4 Å². The average molecular weight is 431 g/mol. The third-order valence-corrected chi connectivity index (χ3v) is 4.57. The quantitative estimate of drug-likeness (QED) is 0.426. The monoisotopic (exact) mass is 431 g/mol. The van der Waals surface area contributed by atoms with Crippen molar-refractivity contribution in [2.45, 2.75) is 64.7 Å². The molecule has 0 amide bonds. The van der Waals surface area contributed by atoms with Gasteiger partial charge in [-0.2, -0.15) is 26.3 Å². The van der Waals surface area contributed by atoms with Gasteiger partial charge in [-0.1, -0.05) is 71.5 Å². The SMILES string of the molecule is CC(C)(C)c1cc([N-]c2cc(C(F)(F)F)cc(C(F)(F)F)c2)c([O])c(C(C)(C)C)c1. The van der Waals surface area contributed by atoms with Gasteiger partial charge in [0, 0.05) is 5.56 Å². The van der Waals surface area contributed by atoms with Gasteiger partial charge in [0.1, 0.15) is 0 Å². The average Bonchev–Trinajstić information content (AvgIpc) is 2.52. The van der Waals surface area contributed by atoms with E-state index in [2.05, 4.69) is 5.32 Å². The highest BCUT2D eigenvalue weighted by Gasteiger charge is 2.36. The van der Waals surface area contributed by atoms with Crippen LogP contribution in [0.1, 0.15) is 63.8 Å². The van der Waals surface area contributed by atoms with E-state index in [-0.39, 0.29) is 11.8 Å². The van der Waals surface area contributed by atoms with Crippen LogP contribution in [0.5, 0.6) is 5.75 Å². The van der Waals surface area contributed by atoms with Crippen molar-refractivity contribution in [2.24, 2.45) is 0 Å². The van der Waals surface area contributed by atoms with Crippen LogP contribution in [-0.4, -0.2) is 0 Å². The van der Waals surface area contributed by atoms with Gasteiger partial charge in [0.25, 0.3) is 0 Å². The molecule has 0 aliphatic carbocycles. The maximum absolute atomic E-state index is 13.1. The lowest BCUT2D eigenvalue weighted by atomic mass is 9.79. The maximum atomic E-state index is 13.1. The molecule has 2 aromatic carbocycles. The molecule has 0 fully saturated rings. The second-order valence-electron chi connectivity index (χ2n) is 9.25. The fraction of sp³-hybridized carbons (Fsp3) is 0.455. The Morgan fingerprint density at radius 2 is 1.10 bits per heavy atom. The smallest absolute Gasteiger partial charge is 0.416 e. The summed E-state index contributed by atoms with van der Waals surface area (Å²) in [6.45, 7) is 11.0. The summed E-state index contributed by atoms with van der Waals surface area (Å²) in [6.07, 6.45) is -9.98. The van der Waals surface area contributed by atoms with E-state index in [1.165, 1.54) is 6.07 Å². The molecule has 0 saturated carbocycles. The zero-order valence-corrected chi connectivity index (χ0v) is 17.5. The number of rotatable bonds is 2. The molecule has 30 heavy (non-hydrogen) atoms. The number of alkyl halides is 6. The summed E-state index contributed by atoms with van der Waals surface area (Å²) in [7, 11) is 0. The molecule has 0 aliphatic heterocycles. The molecular weight excluding hydrogens is 408 g/mol. The van der Waals surface area contributed by atoms with E-state index in [4.69, 9.17) is 0 Å². The van der Waals surface area contributed by atoms with Crippen LogP contribution in [0.2, 0.25) is 0 Å². The number of benzene rings is 2. The molecule has 2 nitrogen and oxygen atoms in total. The van der Waals surface area contributed by atoms with E-state index in [1.54, 1.807) is 26.8 Å². The van der Waals surface area contributed by atoms with E-state index >= 15 is 0 Å². The van der Waals surface area contributed by atoms with E-state index < -0.39 is 45.7 Å². The van der Waals surface area contributed by atoms with Crippen LogP contribution in [0.25, 0.3) is 5.32 Å². The Hall–Kier alpha value is -2.38. The van der Waals surface area contributed by atoms with Crippen LogP contribution in [0.15, 0.2) is 30.3 Å². The van der Waals surface area contributed by atoms with Crippen LogP contribution in [0.4, 0.5) is 37.7 Å². The Kier molecular flexibility index (Phi) is 5.89. The molecule has 0 atom stereocenters. The molecule has 0 spiro atoms. The second-order valence-corrected chi connectivity index (χ2v) is 9.25. The first-order chi connectivity index (χ1) is 13.3. The number of hydrogen-bond donors (Lipinski definition) is 0. The van der Waals surface area contributed by atoms with E-state index in [0.29, 0.717) is 23.3 Å². The third kappa shape index (κ3) is 5.40. The summed E-state index contributed by atoms with van der Waals surface area (Å²) in [5.41, 5.74) is -3.65. The highest BCUT2D eigenvalue weighted by Crippen LogP contribution is 2.48. The van der Waals surface area contributed by atoms with Crippen LogP contribution >= 0.6 is 0 Å². The zero-order valence-electron chi connectivity index (χ0n) is 17.5. The molecule has 1 radical (unpaired) electrons. The van der Waals surface area contributed by atoms with Gasteiger partial charge in [-0.25, -0.2) is 0 Å². The van der Waals surface area contributed by atoms with Crippen LogP contribution in [0, 0.1) is 0 Å². The van der Waals surface area contributed by atoms with Gasteiger partial charge in [0.2, 0.25) is 0 Å². The number of halogens is 6. The first kappa shape index (κ1) is 23.9. The van der Waals surface area contributed by atoms with E-state index in [0.717, 1.165) is 0 Å². The summed E-state index contributed by atoms with van der Waals surface area (Å²) in [4.78, 5) is 0. The molecular formula is C22H23F6NO-. The van der Waals surface area contributed by atoms with Gasteiger partial charge in [-0.3, -0.25) is 5.11 Å². The molecule has 0 N–H and O–H groups in total. The van der Waals surface area contributed by atoms with Gasteiger partial charge < -0.3 is 5.32 Å². The first-order valence-electron chi connectivity index (χ1n) is 9.17. The largest absolute Gasteiger partial charge is 0.655 e.